The van der Waals surface area contributed by atoms with Crippen LogP contribution in [0.3, 0.4) is 0 Å². The maximum Gasteiger partial charge on any atom is 0.251 e. The quantitative estimate of drug-likeness (QED) is 0.708. The first-order valence-electron chi connectivity index (χ1n) is 5.04. The van der Waals surface area contributed by atoms with Gasteiger partial charge in [-0.05, 0) is 11.6 Å². The van der Waals surface area contributed by atoms with Gasteiger partial charge in [0.15, 0.2) is 0 Å². The highest BCUT2D eigenvalue weighted by Crippen LogP contribution is 2.26. The highest BCUT2D eigenvalue weighted by atomic mass is 35.5. The van der Waals surface area contributed by atoms with Crippen molar-refractivity contribution in [2.75, 3.05) is 19.0 Å². The molecule has 0 atom stereocenters. The van der Waals surface area contributed by atoms with Gasteiger partial charge in [0.2, 0.25) is 0 Å². The topological polar surface area (TPSA) is 3.24 Å². The van der Waals surface area contributed by atoms with Gasteiger partial charge < -0.3 is 0 Å². The summed E-state index contributed by atoms with van der Waals surface area (Å²) in [4.78, 5) is 1.55. The predicted octanol–water partition coefficient (Wildman–Crippen LogP) is 4.30. The minimum atomic E-state index is -2.39. The van der Waals surface area contributed by atoms with Crippen molar-refractivity contribution in [1.82, 2.24) is 4.90 Å². The first-order valence-corrected chi connectivity index (χ1v) is 6.33. The number of benzene rings is 1. The van der Waals surface area contributed by atoms with Gasteiger partial charge in [0, 0.05) is 19.0 Å². The summed E-state index contributed by atoms with van der Waals surface area (Å²) in [6, 6.07) is 5.16. The molecule has 1 aromatic rings. The van der Waals surface area contributed by atoms with Gasteiger partial charge in [0.05, 0.1) is 16.6 Å². The molecule has 1 aromatic carbocycles. The molecule has 6 heteroatoms. The van der Waals surface area contributed by atoms with Gasteiger partial charge in [0.1, 0.15) is 0 Å². The maximum absolute atomic E-state index is 12.3. The van der Waals surface area contributed by atoms with Crippen molar-refractivity contribution in [2.45, 2.75) is 13.0 Å². The van der Waals surface area contributed by atoms with Crippen molar-refractivity contribution in [3.05, 3.63) is 33.8 Å². The molecule has 0 radical (unpaired) electrons. The molecular formula is C11H12Cl3F2N. The molecule has 96 valence electrons. The summed E-state index contributed by atoms with van der Waals surface area (Å²) in [5.74, 6) is 0.297. The van der Waals surface area contributed by atoms with E-state index in [2.05, 4.69) is 0 Å². The van der Waals surface area contributed by atoms with Crippen LogP contribution in [0.4, 0.5) is 8.78 Å². The lowest BCUT2D eigenvalue weighted by Crippen LogP contribution is -2.30. The fourth-order valence-electron chi connectivity index (χ4n) is 1.46. The molecule has 1 nitrogen and oxygen atoms in total. The highest BCUT2D eigenvalue weighted by Gasteiger charge is 2.14. The van der Waals surface area contributed by atoms with Crippen LogP contribution in [0, 0.1) is 0 Å². The van der Waals surface area contributed by atoms with Crippen LogP contribution in [0.2, 0.25) is 10.0 Å². The third kappa shape index (κ3) is 4.96. The molecule has 0 bridgehead atoms. The molecule has 0 N–H and O–H groups in total. The van der Waals surface area contributed by atoms with E-state index in [0.717, 1.165) is 5.56 Å². The smallest absolute Gasteiger partial charge is 0.251 e. The summed E-state index contributed by atoms with van der Waals surface area (Å²) in [5, 5.41) is 0.829. The van der Waals surface area contributed by atoms with Crippen LogP contribution in [0.5, 0.6) is 0 Å². The first-order chi connectivity index (χ1) is 8.04. The molecule has 1 rings (SSSR count). The van der Waals surface area contributed by atoms with E-state index in [1.54, 1.807) is 23.1 Å². The summed E-state index contributed by atoms with van der Waals surface area (Å²) in [7, 11) is 0. The Morgan fingerprint density at radius 2 is 1.94 bits per heavy atom. The van der Waals surface area contributed by atoms with Gasteiger partial charge in [-0.25, -0.2) is 8.78 Å². The molecule has 0 amide bonds. The molecule has 0 saturated carbocycles. The van der Waals surface area contributed by atoms with Gasteiger partial charge in [-0.15, -0.1) is 11.6 Å². The Kier molecular flexibility index (Phi) is 6.49. The van der Waals surface area contributed by atoms with E-state index in [9.17, 15) is 8.78 Å². The zero-order chi connectivity index (χ0) is 12.8. The number of nitrogens with zero attached hydrogens (tertiary/aromatic N) is 1. The Morgan fingerprint density at radius 1 is 1.24 bits per heavy atom. The number of alkyl halides is 3. The summed E-state index contributed by atoms with van der Waals surface area (Å²) in [6.07, 6.45) is -2.39. The molecule has 0 saturated heterocycles. The lowest BCUT2D eigenvalue weighted by Gasteiger charge is -2.21. The van der Waals surface area contributed by atoms with E-state index in [1.165, 1.54) is 0 Å². The highest BCUT2D eigenvalue weighted by molar-refractivity contribution is 6.42. The second kappa shape index (κ2) is 7.37. The van der Waals surface area contributed by atoms with E-state index in [0.29, 0.717) is 29.0 Å². The Labute approximate surface area is 114 Å². The fraction of sp³-hybridized carbons (Fsp3) is 0.455. The van der Waals surface area contributed by atoms with Crippen LogP contribution < -0.4 is 0 Å². The van der Waals surface area contributed by atoms with Crippen molar-refractivity contribution in [2.24, 2.45) is 0 Å². The maximum atomic E-state index is 12.3. The van der Waals surface area contributed by atoms with Gasteiger partial charge >= 0.3 is 0 Å². The molecule has 0 heterocycles. The lowest BCUT2D eigenvalue weighted by molar-refractivity contribution is 0.0878. The lowest BCUT2D eigenvalue weighted by atomic mass is 10.2. The van der Waals surface area contributed by atoms with E-state index >= 15 is 0 Å². The molecule has 0 aromatic heterocycles. The normalized spacial score (nSPS) is 11.5. The van der Waals surface area contributed by atoms with Gasteiger partial charge in [-0.3, -0.25) is 4.90 Å². The predicted molar refractivity (Wildman–Crippen MR) is 68.5 cm³/mol. The number of rotatable bonds is 6. The Hall–Kier alpha value is -0.0900. The van der Waals surface area contributed by atoms with Crippen molar-refractivity contribution in [3.63, 3.8) is 0 Å². The number of hydrogen-bond donors (Lipinski definition) is 0. The van der Waals surface area contributed by atoms with Crippen molar-refractivity contribution in [3.8, 4) is 0 Å². The van der Waals surface area contributed by atoms with Crippen LogP contribution in [0.1, 0.15) is 5.56 Å². The summed E-state index contributed by atoms with van der Waals surface area (Å²) < 4.78 is 24.7. The summed E-state index contributed by atoms with van der Waals surface area (Å²) in [5.41, 5.74) is 0.727. The zero-order valence-electron chi connectivity index (χ0n) is 8.97. The standard InChI is InChI=1S/C11H12Cl3F2N/c12-4-5-17(7-10(15)16)6-8-2-1-3-9(13)11(8)14/h1-3,10H,4-7H2. The molecule has 17 heavy (non-hydrogen) atoms. The third-order valence-electron chi connectivity index (χ3n) is 2.22. The average Bonchev–Trinajstić information content (AvgIpc) is 2.24. The minimum Gasteiger partial charge on any atom is -0.292 e. The molecule has 0 aliphatic carbocycles. The molecule has 0 fully saturated rings. The van der Waals surface area contributed by atoms with Crippen molar-refractivity contribution in [1.29, 1.82) is 0 Å². The molecule has 0 spiro atoms. The van der Waals surface area contributed by atoms with E-state index in [4.69, 9.17) is 34.8 Å². The van der Waals surface area contributed by atoms with Gasteiger partial charge in [0.25, 0.3) is 6.43 Å². The van der Waals surface area contributed by atoms with Gasteiger partial charge in [-0.2, -0.15) is 0 Å². The fourth-order valence-corrected chi connectivity index (χ4v) is 2.08. The van der Waals surface area contributed by atoms with E-state index in [-0.39, 0.29) is 6.54 Å². The molecule has 0 aliphatic heterocycles. The third-order valence-corrected chi connectivity index (χ3v) is 3.25. The Bertz CT molecular complexity index is 361. The van der Waals surface area contributed by atoms with Crippen LogP contribution in [0.15, 0.2) is 18.2 Å². The van der Waals surface area contributed by atoms with Crippen LogP contribution in [-0.2, 0) is 6.54 Å². The molecule has 0 aliphatic rings. The van der Waals surface area contributed by atoms with E-state index in [1.807, 2.05) is 0 Å². The van der Waals surface area contributed by atoms with Crippen LogP contribution in [-0.4, -0.2) is 30.3 Å². The number of halogens is 5. The van der Waals surface area contributed by atoms with Gasteiger partial charge in [-0.1, -0.05) is 35.3 Å². The van der Waals surface area contributed by atoms with Crippen molar-refractivity contribution >= 4 is 34.8 Å². The SMILES string of the molecule is FC(F)CN(CCCl)Cc1cccc(Cl)c1Cl. The largest absolute Gasteiger partial charge is 0.292 e. The second-order valence-electron chi connectivity index (χ2n) is 3.53. The summed E-state index contributed by atoms with van der Waals surface area (Å²) >= 11 is 17.4. The Morgan fingerprint density at radius 3 is 2.53 bits per heavy atom. The van der Waals surface area contributed by atoms with Crippen LogP contribution >= 0.6 is 34.8 Å². The second-order valence-corrected chi connectivity index (χ2v) is 4.69. The average molecular weight is 303 g/mol. The molecule has 0 unspecified atom stereocenters. The monoisotopic (exact) mass is 301 g/mol. The van der Waals surface area contributed by atoms with E-state index < -0.39 is 6.43 Å². The Balaban J connectivity index is 2.74. The first kappa shape index (κ1) is 15.0. The zero-order valence-corrected chi connectivity index (χ0v) is 11.2. The van der Waals surface area contributed by atoms with Crippen LogP contribution in [0.25, 0.3) is 0 Å². The molecular weight excluding hydrogens is 290 g/mol. The number of hydrogen-bond acceptors (Lipinski definition) is 1. The summed E-state index contributed by atoms with van der Waals surface area (Å²) in [6.45, 7) is 0.376. The van der Waals surface area contributed by atoms with Crippen molar-refractivity contribution < 1.29 is 8.78 Å². The minimum absolute atomic E-state index is 0.297.